The van der Waals surface area contributed by atoms with Crippen LogP contribution in [-0.4, -0.2) is 81.1 Å². The van der Waals surface area contributed by atoms with Crippen LogP contribution in [0.3, 0.4) is 0 Å². The van der Waals surface area contributed by atoms with E-state index < -0.39 is 42.1 Å². The Bertz CT molecular complexity index is 414. The van der Waals surface area contributed by atoms with Gasteiger partial charge in [-0.05, 0) is 44.7 Å². The Balaban J connectivity index is -0.000000322. The molecule has 0 aromatic heterocycles. The Hall–Kier alpha value is -1.44. The molecule has 0 unspecified atom stereocenters. The van der Waals surface area contributed by atoms with E-state index in [1.54, 1.807) is 11.8 Å². The quantitative estimate of drug-likeness (QED) is 0.179. The molecule has 0 saturated carbocycles. The Morgan fingerprint density at radius 3 is 1.59 bits per heavy atom. The summed E-state index contributed by atoms with van der Waals surface area (Å²) < 4.78 is 0. The van der Waals surface area contributed by atoms with Crippen molar-refractivity contribution in [1.29, 1.82) is 0 Å². The minimum atomic E-state index is -1.18. The monoisotopic (exact) mass is 414 g/mol. The van der Waals surface area contributed by atoms with E-state index >= 15 is 0 Å². The number of carbonyl (C=O) groups is 3. The van der Waals surface area contributed by atoms with Gasteiger partial charge in [0.15, 0.2) is 0 Å². The molecular formula is C15H34N4O7S. The van der Waals surface area contributed by atoms with Crippen LogP contribution in [0.25, 0.3) is 0 Å². The van der Waals surface area contributed by atoms with Gasteiger partial charge < -0.3 is 43.4 Å². The SMILES string of the molecule is CSCC[C@H](N)C(=O)O.C[C@@H](O)[C@H](N)C(=O)O.NCCCC[C@H](N)C(=O)O. The lowest BCUT2D eigenvalue weighted by Gasteiger charge is -2.06. The van der Waals surface area contributed by atoms with E-state index in [1.165, 1.54) is 6.92 Å². The minimum Gasteiger partial charge on any atom is -0.480 e. The maximum Gasteiger partial charge on any atom is 0.323 e. The molecule has 12 heteroatoms. The number of carboxylic acid groups (broad SMARTS) is 3. The maximum absolute atomic E-state index is 10.1. The number of aliphatic hydroxyl groups excluding tert-OH is 1. The third-order valence-corrected chi connectivity index (χ3v) is 3.69. The molecule has 0 aliphatic carbocycles. The Labute approximate surface area is 163 Å². The van der Waals surface area contributed by atoms with Crippen LogP contribution in [0.2, 0.25) is 0 Å². The van der Waals surface area contributed by atoms with E-state index in [-0.39, 0.29) is 0 Å². The summed E-state index contributed by atoms with van der Waals surface area (Å²) >= 11 is 1.60. The van der Waals surface area contributed by atoms with Gasteiger partial charge in [-0.25, -0.2) is 0 Å². The van der Waals surface area contributed by atoms with E-state index in [2.05, 4.69) is 0 Å². The zero-order valence-corrected chi connectivity index (χ0v) is 16.6. The number of nitrogens with two attached hydrogens (primary N) is 4. The first-order valence-corrected chi connectivity index (χ1v) is 9.63. The third-order valence-electron chi connectivity index (χ3n) is 3.04. The fourth-order valence-electron chi connectivity index (χ4n) is 1.21. The van der Waals surface area contributed by atoms with Crippen molar-refractivity contribution in [3.05, 3.63) is 0 Å². The fraction of sp³-hybridized carbons (Fsp3) is 0.800. The molecule has 12 N–H and O–H groups in total. The highest BCUT2D eigenvalue weighted by molar-refractivity contribution is 7.98. The first kappa shape index (κ1) is 30.3. The lowest BCUT2D eigenvalue weighted by molar-refractivity contribution is -0.141. The number of aliphatic hydroxyl groups is 1. The first-order chi connectivity index (χ1) is 12.4. The van der Waals surface area contributed by atoms with E-state index in [4.69, 9.17) is 43.4 Å². The number of hydrogen-bond acceptors (Lipinski definition) is 9. The van der Waals surface area contributed by atoms with Crippen LogP contribution in [0.1, 0.15) is 32.6 Å². The molecule has 162 valence electrons. The zero-order valence-electron chi connectivity index (χ0n) is 15.8. The van der Waals surface area contributed by atoms with Crippen LogP contribution in [-0.2, 0) is 14.4 Å². The number of aliphatic carboxylic acids is 3. The molecule has 0 aliphatic rings. The van der Waals surface area contributed by atoms with Gasteiger partial charge in [-0.15, -0.1) is 0 Å². The summed E-state index contributed by atoms with van der Waals surface area (Å²) in [5.41, 5.74) is 20.5. The van der Waals surface area contributed by atoms with Crippen molar-refractivity contribution in [2.75, 3.05) is 18.6 Å². The van der Waals surface area contributed by atoms with Gasteiger partial charge in [0.05, 0.1) is 6.10 Å². The van der Waals surface area contributed by atoms with Gasteiger partial charge in [0.2, 0.25) is 0 Å². The number of rotatable bonds is 11. The second-order valence-electron chi connectivity index (χ2n) is 5.56. The highest BCUT2D eigenvalue weighted by Crippen LogP contribution is 1.98. The van der Waals surface area contributed by atoms with Crippen molar-refractivity contribution in [2.45, 2.75) is 56.8 Å². The van der Waals surface area contributed by atoms with E-state index in [0.717, 1.165) is 18.6 Å². The molecule has 0 aromatic carbocycles. The van der Waals surface area contributed by atoms with Crippen LogP contribution in [0, 0.1) is 0 Å². The molecule has 0 fully saturated rings. The average Bonchev–Trinajstić information content (AvgIpc) is 2.59. The predicted octanol–water partition coefficient (Wildman–Crippen LogP) is -1.54. The molecule has 0 bridgehead atoms. The van der Waals surface area contributed by atoms with Crippen LogP contribution >= 0.6 is 11.8 Å². The van der Waals surface area contributed by atoms with Crippen LogP contribution in [0.15, 0.2) is 0 Å². The molecule has 0 radical (unpaired) electrons. The second-order valence-corrected chi connectivity index (χ2v) is 6.55. The second kappa shape index (κ2) is 19.3. The molecule has 27 heavy (non-hydrogen) atoms. The van der Waals surface area contributed by atoms with Crippen molar-refractivity contribution in [1.82, 2.24) is 0 Å². The highest BCUT2D eigenvalue weighted by Gasteiger charge is 2.16. The lowest BCUT2D eigenvalue weighted by Crippen LogP contribution is -2.39. The smallest absolute Gasteiger partial charge is 0.323 e. The topological polar surface area (TPSA) is 236 Å². The van der Waals surface area contributed by atoms with Crippen molar-refractivity contribution in [3.8, 4) is 0 Å². The highest BCUT2D eigenvalue weighted by atomic mass is 32.2. The molecule has 0 aromatic rings. The Morgan fingerprint density at radius 2 is 1.33 bits per heavy atom. The molecule has 0 amide bonds. The molecule has 0 saturated heterocycles. The van der Waals surface area contributed by atoms with Crippen molar-refractivity contribution >= 4 is 29.7 Å². The largest absolute Gasteiger partial charge is 0.480 e. The summed E-state index contributed by atoms with van der Waals surface area (Å²) in [7, 11) is 0. The summed E-state index contributed by atoms with van der Waals surface area (Å²) in [6, 6.07) is -2.56. The Kier molecular flexibility index (Phi) is 21.7. The van der Waals surface area contributed by atoms with Gasteiger partial charge >= 0.3 is 17.9 Å². The minimum absolute atomic E-state index is 0.520. The lowest BCUT2D eigenvalue weighted by atomic mass is 10.1. The van der Waals surface area contributed by atoms with E-state index in [9.17, 15) is 14.4 Å². The van der Waals surface area contributed by atoms with E-state index in [1.807, 2.05) is 6.26 Å². The molecular weight excluding hydrogens is 380 g/mol. The van der Waals surface area contributed by atoms with Gasteiger partial charge in [0, 0.05) is 0 Å². The van der Waals surface area contributed by atoms with Crippen molar-refractivity contribution in [2.24, 2.45) is 22.9 Å². The number of thioether (sulfide) groups is 1. The fourth-order valence-corrected chi connectivity index (χ4v) is 1.70. The molecule has 11 nitrogen and oxygen atoms in total. The average molecular weight is 415 g/mol. The predicted molar refractivity (Wildman–Crippen MR) is 104 cm³/mol. The molecule has 4 atom stereocenters. The molecule has 0 rings (SSSR count). The molecule has 0 spiro atoms. The van der Waals surface area contributed by atoms with Crippen LogP contribution < -0.4 is 22.9 Å². The summed E-state index contributed by atoms with van der Waals surface area (Å²) in [5.74, 6) is -2.21. The van der Waals surface area contributed by atoms with Crippen LogP contribution in [0.4, 0.5) is 0 Å². The van der Waals surface area contributed by atoms with E-state index in [0.29, 0.717) is 19.4 Å². The summed E-state index contributed by atoms with van der Waals surface area (Å²) in [4.78, 5) is 30.1. The number of carboxylic acids is 3. The van der Waals surface area contributed by atoms with Crippen molar-refractivity contribution < 1.29 is 34.8 Å². The van der Waals surface area contributed by atoms with Gasteiger partial charge in [0.25, 0.3) is 0 Å². The number of hydrogen-bond donors (Lipinski definition) is 8. The summed E-state index contributed by atoms with van der Waals surface area (Å²) in [6.07, 6.45) is 3.66. The van der Waals surface area contributed by atoms with Gasteiger partial charge in [0.1, 0.15) is 18.1 Å². The summed E-state index contributed by atoms with van der Waals surface area (Å²) in [5, 5.41) is 33.2. The maximum atomic E-state index is 10.1. The molecule has 0 aliphatic heterocycles. The third kappa shape index (κ3) is 22.5. The van der Waals surface area contributed by atoms with Gasteiger partial charge in [-0.2, -0.15) is 11.8 Å². The zero-order chi connectivity index (χ0) is 22.0. The van der Waals surface area contributed by atoms with Gasteiger partial charge in [-0.1, -0.05) is 6.42 Å². The molecule has 0 heterocycles. The van der Waals surface area contributed by atoms with Crippen molar-refractivity contribution in [3.63, 3.8) is 0 Å². The summed E-state index contributed by atoms with van der Waals surface area (Å²) in [6.45, 7) is 1.94. The Morgan fingerprint density at radius 1 is 0.889 bits per heavy atom. The standard InChI is InChI=1S/C6H14N2O2.C5H11NO2S.C4H9NO3/c7-4-2-1-3-5(8)6(9)10;1-9-3-2-4(6)5(7)8;1-2(6)3(5)4(7)8/h5H,1-4,7-8H2,(H,9,10);4H,2-3,6H2,1H3,(H,7,8);2-3,6H,5H2,1H3,(H,7,8)/t5-;4-;2-,3+/m001/s1. The normalized spacial score (nSPS) is 14.3. The van der Waals surface area contributed by atoms with Gasteiger partial charge in [-0.3, -0.25) is 14.4 Å². The first-order valence-electron chi connectivity index (χ1n) is 8.24. The number of unbranched alkanes of at least 4 members (excludes halogenated alkanes) is 1. The van der Waals surface area contributed by atoms with Crippen LogP contribution in [0.5, 0.6) is 0 Å².